The maximum Gasteiger partial charge on any atom is 0.201 e. The SMILES string of the molecule is COc1cccc(OC)c1C(=O)c1c(C)cc(P=O)c(C)c1C(=O)c1c(OC)cccc1OC. The van der Waals surface area contributed by atoms with Gasteiger partial charge in [-0.1, -0.05) is 12.1 Å². The van der Waals surface area contributed by atoms with Crippen LogP contribution >= 0.6 is 8.46 Å². The molecule has 0 aliphatic rings. The number of carbonyl (C=O) groups excluding carboxylic acids is 2. The van der Waals surface area contributed by atoms with Crippen LogP contribution in [0.5, 0.6) is 23.0 Å². The van der Waals surface area contributed by atoms with E-state index in [-0.39, 0.29) is 30.7 Å². The van der Waals surface area contributed by atoms with Crippen molar-refractivity contribution in [2.45, 2.75) is 13.8 Å². The molecule has 0 spiro atoms. The van der Waals surface area contributed by atoms with Crippen LogP contribution in [0.2, 0.25) is 0 Å². The Labute approximate surface area is 199 Å². The highest BCUT2D eigenvalue weighted by molar-refractivity contribution is 7.34. The molecular formula is C26H25O7P. The molecule has 3 rings (SSSR count). The zero-order valence-corrected chi connectivity index (χ0v) is 20.7. The van der Waals surface area contributed by atoms with Crippen LogP contribution < -0.4 is 24.3 Å². The van der Waals surface area contributed by atoms with E-state index < -0.39 is 11.6 Å². The average molecular weight is 480 g/mol. The molecule has 0 atom stereocenters. The third-order valence-corrected chi connectivity index (χ3v) is 6.28. The molecule has 0 unspecified atom stereocenters. The lowest BCUT2D eigenvalue weighted by Gasteiger charge is -2.19. The Kier molecular flexibility index (Phi) is 7.69. The monoisotopic (exact) mass is 480 g/mol. The van der Waals surface area contributed by atoms with Crippen molar-refractivity contribution in [3.8, 4) is 23.0 Å². The molecule has 176 valence electrons. The molecule has 34 heavy (non-hydrogen) atoms. The molecule has 0 saturated heterocycles. The number of hydrogen-bond acceptors (Lipinski definition) is 7. The standard InChI is InChI=1S/C26H25O7P/c1-14-13-20(34-29)15(2)22(26(28)24-18(32-5)11-8-12-19(24)33-6)21(14)25(27)23-16(30-3)9-7-10-17(23)31-4/h7-13H,1-6H3. The Balaban J connectivity index is 2.40. The lowest BCUT2D eigenvalue weighted by atomic mass is 9.86. The molecule has 3 aromatic carbocycles. The van der Waals surface area contributed by atoms with Crippen molar-refractivity contribution in [3.05, 3.63) is 75.8 Å². The van der Waals surface area contributed by atoms with Crippen molar-refractivity contribution in [1.29, 1.82) is 0 Å². The fourth-order valence-electron chi connectivity index (χ4n) is 3.97. The molecule has 0 radical (unpaired) electrons. The average Bonchev–Trinajstić information content (AvgIpc) is 2.87. The van der Waals surface area contributed by atoms with Gasteiger partial charge in [-0.15, -0.1) is 0 Å². The number of aryl methyl sites for hydroxylation is 1. The van der Waals surface area contributed by atoms with E-state index in [4.69, 9.17) is 18.9 Å². The number of benzene rings is 3. The third kappa shape index (κ3) is 4.27. The zero-order valence-electron chi connectivity index (χ0n) is 19.8. The summed E-state index contributed by atoms with van der Waals surface area (Å²) in [5.41, 5.74) is 1.51. The van der Waals surface area contributed by atoms with Crippen molar-refractivity contribution in [1.82, 2.24) is 0 Å². The first-order valence-electron chi connectivity index (χ1n) is 10.3. The second-order valence-electron chi connectivity index (χ2n) is 7.41. The highest BCUT2D eigenvalue weighted by Gasteiger charge is 2.31. The third-order valence-electron chi connectivity index (χ3n) is 5.62. The minimum Gasteiger partial charge on any atom is -0.496 e. The van der Waals surface area contributed by atoms with E-state index in [1.54, 1.807) is 56.3 Å². The number of ketones is 2. The quantitative estimate of drug-likeness (QED) is 0.324. The van der Waals surface area contributed by atoms with Crippen LogP contribution in [0.1, 0.15) is 43.0 Å². The molecular weight excluding hydrogens is 455 g/mol. The van der Waals surface area contributed by atoms with Gasteiger partial charge in [0.15, 0.2) is 8.46 Å². The van der Waals surface area contributed by atoms with Crippen LogP contribution in [0.4, 0.5) is 0 Å². The summed E-state index contributed by atoms with van der Waals surface area (Å²) in [5, 5.41) is 0.401. The predicted octanol–water partition coefficient (Wildman–Crippen LogP) is 4.72. The van der Waals surface area contributed by atoms with Gasteiger partial charge in [-0.25, -0.2) is 0 Å². The number of carbonyl (C=O) groups is 2. The minimum absolute atomic E-state index is 0.110. The summed E-state index contributed by atoms with van der Waals surface area (Å²) in [6.45, 7) is 3.35. The van der Waals surface area contributed by atoms with Crippen molar-refractivity contribution < 1.29 is 33.1 Å². The van der Waals surface area contributed by atoms with Gasteiger partial charge >= 0.3 is 0 Å². The second kappa shape index (κ2) is 10.5. The highest BCUT2D eigenvalue weighted by atomic mass is 31.1. The number of hydrogen-bond donors (Lipinski definition) is 0. The Bertz CT molecular complexity index is 1240. The fraction of sp³-hybridized carbons (Fsp3) is 0.231. The van der Waals surface area contributed by atoms with E-state index in [0.717, 1.165) is 0 Å². The van der Waals surface area contributed by atoms with Gasteiger partial charge in [0.05, 0.1) is 28.4 Å². The largest absolute Gasteiger partial charge is 0.496 e. The first-order valence-corrected chi connectivity index (χ1v) is 11.1. The minimum atomic E-state index is -0.488. The molecule has 8 heteroatoms. The van der Waals surface area contributed by atoms with E-state index in [9.17, 15) is 14.2 Å². The van der Waals surface area contributed by atoms with Crippen LogP contribution in [-0.2, 0) is 4.57 Å². The predicted molar refractivity (Wildman–Crippen MR) is 129 cm³/mol. The van der Waals surface area contributed by atoms with Crippen LogP contribution in [0, 0.1) is 13.8 Å². The molecule has 0 saturated carbocycles. The molecule has 0 N–H and O–H groups in total. The normalized spacial score (nSPS) is 10.6. The summed E-state index contributed by atoms with van der Waals surface area (Å²) >= 11 is 0. The Hall–Kier alpha value is -3.70. The molecule has 0 fully saturated rings. The molecule has 3 aromatic rings. The van der Waals surface area contributed by atoms with Crippen LogP contribution in [0.3, 0.4) is 0 Å². The van der Waals surface area contributed by atoms with Crippen molar-refractivity contribution >= 4 is 25.3 Å². The number of methoxy groups -OCH3 is 4. The maximum atomic E-state index is 14.0. The lowest BCUT2D eigenvalue weighted by Crippen LogP contribution is -2.20. The van der Waals surface area contributed by atoms with Gasteiger partial charge in [-0.2, -0.15) is 0 Å². The molecule has 0 aromatic heterocycles. The summed E-state index contributed by atoms with van der Waals surface area (Å²) in [6, 6.07) is 11.6. The molecule has 0 heterocycles. The summed E-state index contributed by atoms with van der Waals surface area (Å²) in [5.74, 6) is 0.250. The topological polar surface area (TPSA) is 88.1 Å². The van der Waals surface area contributed by atoms with E-state index in [1.807, 2.05) is 0 Å². The zero-order chi connectivity index (χ0) is 25.0. The van der Waals surface area contributed by atoms with Crippen LogP contribution in [0.15, 0.2) is 42.5 Å². The van der Waals surface area contributed by atoms with Crippen LogP contribution in [0.25, 0.3) is 0 Å². The van der Waals surface area contributed by atoms with E-state index in [1.165, 1.54) is 28.4 Å². The van der Waals surface area contributed by atoms with Gasteiger partial charge in [-0.3, -0.25) is 14.2 Å². The second-order valence-corrected chi connectivity index (χ2v) is 8.08. The van der Waals surface area contributed by atoms with Gasteiger partial charge < -0.3 is 18.9 Å². The number of ether oxygens (including phenoxy) is 4. The first kappa shape index (κ1) is 24.9. The van der Waals surface area contributed by atoms with Crippen LogP contribution in [-0.4, -0.2) is 40.0 Å². The molecule has 0 aliphatic heterocycles. The van der Waals surface area contributed by atoms with Crippen molar-refractivity contribution in [2.75, 3.05) is 28.4 Å². The van der Waals surface area contributed by atoms with Gasteiger partial charge in [0.1, 0.15) is 34.1 Å². The molecule has 7 nitrogen and oxygen atoms in total. The molecule has 0 amide bonds. The van der Waals surface area contributed by atoms with Gasteiger partial charge in [-0.05, 0) is 55.3 Å². The summed E-state index contributed by atoms with van der Waals surface area (Å²) in [6.07, 6.45) is 0. The van der Waals surface area contributed by atoms with E-state index >= 15 is 0 Å². The van der Waals surface area contributed by atoms with Gasteiger partial charge in [0.25, 0.3) is 0 Å². The van der Waals surface area contributed by atoms with Gasteiger partial charge in [0, 0.05) is 16.4 Å². The Morgan fingerprint density at radius 2 is 1.03 bits per heavy atom. The smallest absolute Gasteiger partial charge is 0.201 e. The Morgan fingerprint density at radius 3 is 1.38 bits per heavy atom. The van der Waals surface area contributed by atoms with Crippen molar-refractivity contribution in [2.24, 2.45) is 0 Å². The van der Waals surface area contributed by atoms with Crippen molar-refractivity contribution in [3.63, 3.8) is 0 Å². The number of rotatable bonds is 9. The Morgan fingerprint density at radius 1 is 0.647 bits per heavy atom. The first-order chi connectivity index (χ1) is 16.3. The molecule has 0 aliphatic carbocycles. The maximum absolute atomic E-state index is 14.0. The highest BCUT2D eigenvalue weighted by Crippen LogP contribution is 2.37. The van der Waals surface area contributed by atoms with E-state index in [2.05, 4.69) is 0 Å². The summed E-state index contributed by atoms with van der Waals surface area (Å²) in [4.78, 5) is 28.0. The van der Waals surface area contributed by atoms with E-state index in [0.29, 0.717) is 39.4 Å². The molecule has 0 bridgehead atoms. The lowest BCUT2D eigenvalue weighted by molar-refractivity contribution is 0.0996. The van der Waals surface area contributed by atoms with Gasteiger partial charge in [0.2, 0.25) is 11.6 Å². The summed E-state index contributed by atoms with van der Waals surface area (Å²) in [7, 11) is 5.53. The fourth-order valence-corrected chi connectivity index (χ4v) is 4.46. The summed E-state index contributed by atoms with van der Waals surface area (Å²) < 4.78 is 33.6.